The molecule has 0 fully saturated rings. The zero-order valence-electron chi connectivity index (χ0n) is 1.58. The molecule has 0 heterocycles. The molecule has 0 aromatic carbocycles. The number of hydrogen-bond acceptors (Lipinski definition) is 0. The Hall–Kier alpha value is 3.03. The van der Waals surface area contributed by atoms with E-state index in [0.29, 0.717) is 0 Å². The first kappa shape index (κ1) is 43.3. The van der Waals surface area contributed by atoms with E-state index in [1.165, 1.54) is 0 Å². The van der Waals surface area contributed by atoms with Gasteiger partial charge in [0.15, 0.2) is 0 Å². The maximum atomic E-state index is 0. The summed E-state index contributed by atoms with van der Waals surface area (Å²) in [6.07, 6.45) is 0. The van der Waals surface area contributed by atoms with Crippen molar-refractivity contribution in [3.05, 3.63) is 0 Å². The second-order valence-electron chi connectivity index (χ2n) is 0. The predicted molar refractivity (Wildman–Crippen MR) is 28.9 cm³/mol. The maximum absolute atomic E-state index is 0. The Labute approximate surface area is 103 Å². The van der Waals surface area contributed by atoms with Gasteiger partial charge in [-0.15, -0.1) is 37.2 Å². The van der Waals surface area contributed by atoms with E-state index in [1.807, 2.05) is 0 Å². The van der Waals surface area contributed by atoms with Crippen molar-refractivity contribution in [3.8, 4) is 0 Å². The topological polar surface area (TPSA) is 0 Å². The minimum atomic E-state index is 0. The van der Waals surface area contributed by atoms with E-state index in [-0.39, 0.29) is 106 Å². The average Bonchev–Trinajstić information content (AvgIpc) is 0. The van der Waals surface area contributed by atoms with Crippen LogP contribution in [0.1, 0.15) is 0 Å². The Bertz CT molecular complexity index is 6.85. The van der Waals surface area contributed by atoms with Crippen LogP contribution in [0.25, 0.3) is 0 Å². The van der Waals surface area contributed by atoms with Crippen molar-refractivity contribution >= 4 is 88.6 Å². The summed E-state index contributed by atoms with van der Waals surface area (Å²) in [5, 5.41) is 0. The molecular formula is H4Cl3FeK. The van der Waals surface area contributed by atoms with Crippen molar-refractivity contribution in [2.45, 2.75) is 0 Å². The standard InChI is InChI=1S/3ClH.Fe.K.H/h3*1H;;;. The molecule has 0 radical (unpaired) electrons. The van der Waals surface area contributed by atoms with Gasteiger partial charge in [0.25, 0.3) is 0 Å². The van der Waals surface area contributed by atoms with Crippen LogP contribution in [-0.4, -0.2) is 51.4 Å². The third kappa shape index (κ3) is 19.4. The molecule has 0 spiro atoms. The first-order valence-electron chi connectivity index (χ1n) is 0. The molecular weight excluding hydrogens is 201 g/mol. The van der Waals surface area contributed by atoms with Gasteiger partial charge in [-0.1, -0.05) is 0 Å². The van der Waals surface area contributed by atoms with Gasteiger partial charge in [0.05, 0.1) is 0 Å². The molecule has 0 unspecified atom stereocenters. The molecule has 0 atom stereocenters. The van der Waals surface area contributed by atoms with Crippen LogP contribution in [0.2, 0.25) is 0 Å². The van der Waals surface area contributed by atoms with Crippen LogP contribution in [0.15, 0.2) is 0 Å². The van der Waals surface area contributed by atoms with Gasteiger partial charge in [-0.05, 0) is 0 Å². The van der Waals surface area contributed by atoms with Gasteiger partial charge in [-0.3, -0.25) is 0 Å². The normalized spacial score (nSPS) is 0. The van der Waals surface area contributed by atoms with Crippen LogP contribution < -0.4 is 0 Å². The van der Waals surface area contributed by atoms with Crippen molar-refractivity contribution in [3.63, 3.8) is 0 Å². The Morgan fingerprint density at radius 2 is 0.600 bits per heavy atom. The summed E-state index contributed by atoms with van der Waals surface area (Å²) in [5.74, 6) is 0. The first-order valence-corrected chi connectivity index (χ1v) is 0. The fraction of sp³-hybridized carbons (Fsp3) is 0. The number of rotatable bonds is 0. The van der Waals surface area contributed by atoms with Crippen LogP contribution >= 0.6 is 37.2 Å². The molecule has 5 heavy (non-hydrogen) atoms. The number of halogens is 3. The quantitative estimate of drug-likeness (QED) is 0.508. The van der Waals surface area contributed by atoms with E-state index >= 15 is 0 Å². The molecule has 0 saturated carbocycles. The van der Waals surface area contributed by atoms with E-state index in [9.17, 15) is 0 Å². The SMILES string of the molecule is Cl.Cl.Cl.[Fe].[KH]. The summed E-state index contributed by atoms with van der Waals surface area (Å²) >= 11 is 0. The van der Waals surface area contributed by atoms with E-state index in [0.717, 1.165) is 0 Å². The minimum absolute atomic E-state index is 0. The van der Waals surface area contributed by atoms with Gasteiger partial charge in [-0.2, -0.15) is 0 Å². The molecule has 0 amide bonds. The van der Waals surface area contributed by atoms with Gasteiger partial charge in [0, 0.05) is 17.1 Å². The van der Waals surface area contributed by atoms with E-state index < -0.39 is 0 Å². The van der Waals surface area contributed by atoms with Crippen molar-refractivity contribution in [2.24, 2.45) is 0 Å². The van der Waals surface area contributed by atoms with Crippen molar-refractivity contribution in [2.75, 3.05) is 0 Å². The summed E-state index contributed by atoms with van der Waals surface area (Å²) in [7, 11) is 0. The average molecular weight is 205 g/mol. The third-order valence-corrected chi connectivity index (χ3v) is 0. The van der Waals surface area contributed by atoms with Gasteiger partial charge >= 0.3 is 51.4 Å². The fourth-order valence-electron chi connectivity index (χ4n) is 0. The van der Waals surface area contributed by atoms with Crippen LogP contribution in [0.5, 0.6) is 0 Å². The molecule has 0 aromatic rings. The molecule has 0 aliphatic rings. The Morgan fingerprint density at radius 1 is 0.600 bits per heavy atom. The van der Waals surface area contributed by atoms with Crippen LogP contribution in [0.3, 0.4) is 0 Å². The second kappa shape index (κ2) is 27.9. The molecule has 0 aromatic heterocycles. The van der Waals surface area contributed by atoms with Gasteiger partial charge < -0.3 is 0 Å². The van der Waals surface area contributed by atoms with Crippen LogP contribution in [0, 0.1) is 0 Å². The van der Waals surface area contributed by atoms with Crippen molar-refractivity contribution in [1.29, 1.82) is 0 Å². The summed E-state index contributed by atoms with van der Waals surface area (Å²) < 4.78 is 0. The van der Waals surface area contributed by atoms with Gasteiger partial charge in [0.2, 0.25) is 0 Å². The van der Waals surface area contributed by atoms with Gasteiger partial charge in [-0.25, -0.2) is 0 Å². The van der Waals surface area contributed by atoms with Crippen molar-refractivity contribution in [1.82, 2.24) is 0 Å². The first-order chi connectivity index (χ1) is 0. The fourth-order valence-corrected chi connectivity index (χ4v) is 0. The molecule has 5 heteroatoms. The molecule has 0 saturated heterocycles. The summed E-state index contributed by atoms with van der Waals surface area (Å²) in [5.41, 5.74) is 0. The summed E-state index contributed by atoms with van der Waals surface area (Å²) in [6.45, 7) is 0. The van der Waals surface area contributed by atoms with Crippen molar-refractivity contribution < 1.29 is 17.1 Å². The Morgan fingerprint density at radius 3 is 0.600 bits per heavy atom. The molecule has 0 N–H and O–H groups in total. The van der Waals surface area contributed by atoms with E-state index in [4.69, 9.17) is 0 Å². The van der Waals surface area contributed by atoms with Gasteiger partial charge in [0.1, 0.15) is 0 Å². The molecule has 0 aliphatic carbocycles. The Balaban J connectivity index is 0. The second-order valence-corrected chi connectivity index (χ2v) is 0. The molecule has 0 rings (SSSR count). The summed E-state index contributed by atoms with van der Waals surface area (Å²) in [6, 6.07) is 0. The number of hydrogen-bond donors (Lipinski definition) is 0. The van der Waals surface area contributed by atoms with E-state index in [2.05, 4.69) is 0 Å². The zero-order valence-corrected chi connectivity index (χ0v) is 5.13. The monoisotopic (exact) mass is 204 g/mol. The molecule has 0 bridgehead atoms. The Kier molecular flexibility index (Phi) is 241. The zero-order chi connectivity index (χ0) is 0. The van der Waals surface area contributed by atoms with E-state index in [1.54, 1.807) is 0 Å². The third-order valence-electron chi connectivity index (χ3n) is 0. The summed E-state index contributed by atoms with van der Waals surface area (Å²) in [4.78, 5) is 0. The predicted octanol–water partition coefficient (Wildman–Crippen LogP) is 0.614. The molecule has 0 nitrogen and oxygen atoms in total. The van der Waals surface area contributed by atoms with Crippen LogP contribution in [0.4, 0.5) is 0 Å². The molecule has 34 valence electrons. The molecule has 0 aliphatic heterocycles. The van der Waals surface area contributed by atoms with Crippen LogP contribution in [-0.2, 0) is 17.1 Å².